The molecule has 18 heavy (non-hydrogen) atoms. The molecular formula is C14H20O3S. The Kier molecular flexibility index (Phi) is 5.54. The van der Waals surface area contributed by atoms with Crippen LogP contribution < -0.4 is 4.74 Å². The van der Waals surface area contributed by atoms with Crippen LogP contribution in [0, 0.1) is 5.41 Å². The maximum absolute atomic E-state index is 11.1. The Hall–Kier alpha value is -1.16. The quantitative estimate of drug-likeness (QED) is 0.636. The number of methoxy groups -OCH3 is 1. The molecule has 1 rings (SSSR count). The third kappa shape index (κ3) is 5.00. The molecule has 0 fully saturated rings. The number of benzene rings is 1. The number of rotatable bonds is 6. The summed E-state index contributed by atoms with van der Waals surface area (Å²) in [5, 5.41) is 0. The standard InChI is InChI=1S/C14H20O3S/c1-14(2,10-18)9-17-12-6-4-11(5-7-12)8-13(15)16-3/h4-7,18H,8-10H2,1-3H3. The molecule has 0 aliphatic carbocycles. The fourth-order valence-corrected chi connectivity index (χ4v) is 1.36. The second kappa shape index (κ2) is 6.69. The number of thiol groups is 1. The van der Waals surface area contributed by atoms with Crippen LogP contribution in [0.2, 0.25) is 0 Å². The van der Waals surface area contributed by atoms with Crippen molar-refractivity contribution < 1.29 is 14.3 Å². The van der Waals surface area contributed by atoms with E-state index in [9.17, 15) is 4.79 Å². The number of carbonyl (C=O) groups excluding carboxylic acids is 1. The van der Waals surface area contributed by atoms with Crippen LogP contribution in [0.4, 0.5) is 0 Å². The fourth-order valence-electron chi connectivity index (χ4n) is 1.27. The van der Waals surface area contributed by atoms with Gasteiger partial charge in [-0.15, -0.1) is 0 Å². The third-order valence-corrected chi connectivity index (χ3v) is 3.41. The van der Waals surface area contributed by atoms with E-state index in [1.165, 1.54) is 7.11 Å². The van der Waals surface area contributed by atoms with Crippen molar-refractivity contribution in [3.63, 3.8) is 0 Å². The van der Waals surface area contributed by atoms with Crippen LogP contribution in [-0.4, -0.2) is 25.4 Å². The van der Waals surface area contributed by atoms with Crippen molar-refractivity contribution in [3.05, 3.63) is 29.8 Å². The summed E-state index contributed by atoms with van der Waals surface area (Å²) in [6.45, 7) is 4.82. The number of ether oxygens (including phenoxy) is 2. The van der Waals surface area contributed by atoms with E-state index in [1.807, 2.05) is 24.3 Å². The van der Waals surface area contributed by atoms with Crippen LogP contribution in [0.3, 0.4) is 0 Å². The fraction of sp³-hybridized carbons (Fsp3) is 0.500. The molecule has 0 amide bonds. The van der Waals surface area contributed by atoms with Gasteiger partial charge in [-0.25, -0.2) is 0 Å². The van der Waals surface area contributed by atoms with Crippen LogP contribution in [0.25, 0.3) is 0 Å². The molecule has 1 aromatic rings. The molecule has 0 saturated carbocycles. The molecule has 100 valence electrons. The third-order valence-electron chi connectivity index (χ3n) is 2.56. The predicted octanol–water partition coefficient (Wildman–Crippen LogP) is 2.74. The van der Waals surface area contributed by atoms with Crippen molar-refractivity contribution in [2.75, 3.05) is 19.5 Å². The summed E-state index contributed by atoms with van der Waals surface area (Å²) in [5.41, 5.74) is 0.969. The molecule has 0 N–H and O–H groups in total. The van der Waals surface area contributed by atoms with Gasteiger partial charge < -0.3 is 9.47 Å². The molecule has 1 aromatic carbocycles. The largest absolute Gasteiger partial charge is 0.493 e. The maximum Gasteiger partial charge on any atom is 0.309 e. The Bertz CT molecular complexity index is 385. The summed E-state index contributed by atoms with van der Waals surface area (Å²) in [6.07, 6.45) is 0.291. The Morgan fingerprint density at radius 1 is 1.28 bits per heavy atom. The summed E-state index contributed by atoms with van der Waals surface area (Å²) in [7, 11) is 1.39. The maximum atomic E-state index is 11.1. The van der Waals surface area contributed by atoms with E-state index in [0.717, 1.165) is 17.1 Å². The molecule has 0 bridgehead atoms. The average molecular weight is 268 g/mol. The molecule has 0 radical (unpaired) electrons. The van der Waals surface area contributed by atoms with E-state index in [0.29, 0.717) is 13.0 Å². The Morgan fingerprint density at radius 3 is 2.39 bits per heavy atom. The van der Waals surface area contributed by atoms with E-state index < -0.39 is 0 Å². The lowest BCUT2D eigenvalue weighted by molar-refractivity contribution is -0.139. The first-order chi connectivity index (χ1) is 8.46. The van der Waals surface area contributed by atoms with Gasteiger partial charge in [-0.3, -0.25) is 4.79 Å². The Labute approximate surface area is 114 Å². The van der Waals surface area contributed by atoms with E-state index in [2.05, 4.69) is 31.2 Å². The lowest BCUT2D eigenvalue weighted by Crippen LogP contribution is -2.23. The second-order valence-electron chi connectivity index (χ2n) is 5.01. The molecule has 0 spiro atoms. The first-order valence-electron chi connectivity index (χ1n) is 5.86. The highest BCUT2D eigenvalue weighted by Gasteiger charge is 2.16. The Balaban J connectivity index is 2.53. The normalized spacial score (nSPS) is 11.1. The van der Waals surface area contributed by atoms with E-state index in [-0.39, 0.29) is 11.4 Å². The van der Waals surface area contributed by atoms with Crippen molar-refractivity contribution in [1.29, 1.82) is 0 Å². The minimum atomic E-state index is -0.236. The van der Waals surface area contributed by atoms with Crippen molar-refractivity contribution in [2.45, 2.75) is 20.3 Å². The molecule has 4 heteroatoms. The number of hydrogen-bond acceptors (Lipinski definition) is 4. The molecule has 3 nitrogen and oxygen atoms in total. The lowest BCUT2D eigenvalue weighted by Gasteiger charge is -2.22. The highest BCUT2D eigenvalue weighted by molar-refractivity contribution is 7.80. The highest BCUT2D eigenvalue weighted by Crippen LogP contribution is 2.20. The van der Waals surface area contributed by atoms with Gasteiger partial charge in [-0.2, -0.15) is 12.6 Å². The zero-order valence-electron chi connectivity index (χ0n) is 11.1. The van der Waals surface area contributed by atoms with Gasteiger partial charge in [0.25, 0.3) is 0 Å². The van der Waals surface area contributed by atoms with Crippen molar-refractivity contribution >= 4 is 18.6 Å². The van der Waals surface area contributed by atoms with Crippen LogP contribution in [-0.2, 0) is 16.0 Å². The zero-order valence-corrected chi connectivity index (χ0v) is 12.0. The molecule has 0 unspecified atom stereocenters. The van der Waals surface area contributed by atoms with Crippen LogP contribution in [0.1, 0.15) is 19.4 Å². The lowest BCUT2D eigenvalue weighted by atomic mass is 9.98. The molecule has 0 saturated heterocycles. The molecule has 0 atom stereocenters. The summed E-state index contributed by atoms with van der Waals surface area (Å²) < 4.78 is 10.3. The second-order valence-corrected chi connectivity index (χ2v) is 5.32. The first kappa shape index (κ1) is 14.9. The average Bonchev–Trinajstić information content (AvgIpc) is 2.38. The van der Waals surface area contributed by atoms with Crippen molar-refractivity contribution in [3.8, 4) is 5.75 Å². The Morgan fingerprint density at radius 2 is 1.89 bits per heavy atom. The van der Waals surface area contributed by atoms with Crippen LogP contribution in [0.5, 0.6) is 5.75 Å². The zero-order chi connectivity index (χ0) is 13.6. The van der Waals surface area contributed by atoms with Gasteiger partial charge in [0.2, 0.25) is 0 Å². The summed E-state index contributed by atoms with van der Waals surface area (Å²) in [5.74, 6) is 1.34. The molecule has 0 aromatic heterocycles. The molecule has 0 aliphatic heterocycles. The van der Waals surface area contributed by atoms with Gasteiger partial charge in [0.05, 0.1) is 20.1 Å². The smallest absolute Gasteiger partial charge is 0.309 e. The van der Waals surface area contributed by atoms with Gasteiger partial charge >= 0.3 is 5.97 Å². The van der Waals surface area contributed by atoms with Crippen LogP contribution >= 0.6 is 12.6 Å². The van der Waals surface area contributed by atoms with E-state index in [4.69, 9.17) is 4.74 Å². The SMILES string of the molecule is COC(=O)Cc1ccc(OCC(C)(C)CS)cc1. The minimum Gasteiger partial charge on any atom is -0.493 e. The minimum absolute atomic E-state index is 0.0494. The van der Waals surface area contributed by atoms with Gasteiger partial charge in [0.1, 0.15) is 5.75 Å². The van der Waals surface area contributed by atoms with Gasteiger partial charge in [-0.1, -0.05) is 26.0 Å². The van der Waals surface area contributed by atoms with E-state index in [1.54, 1.807) is 0 Å². The van der Waals surface area contributed by atoms with Crippen LogP contribution in [0.15, 0.2) is 24.3 Å². The van der Waals surface area contributed by atoms with E-state index >= 15 is 0 Å². The predicted molar refractivity (Wildman–Crippen MR) is 75.3 cm³/mol. The number of carbonyl (C=O) groups is 1. The van der Waals surface area contributed by atoms with Gasteiger partial charge in [0, 0.05) is 5.41 Å². The molecule has 0 aliphatic rings. The highest BCUT2D eigenvalue weighted by atomic mass is 32.1. The summed E-state index contributed by atoms with van der Waals surface area (Å²) in [4.78, 5) is 11.1. The summed E-state index contributed by atoms with van der Waals surface area (Å²) in [6, 6.07) is 7.49. The van der Waals surface area contributed by atoms with Crippen molar-refractivity contribution in [1.82, 2.24) is 0 Å². The monoisotopic (exact) mass is 268 g/mol. The first-order valence-corrected chi connectivity index (χ1v) is 6.49. The molecular weight excluding hydrogens is 248 g/mol. The van der Waals surface area contributed by atoms with Gasteiger partial charge in [0.15, 0.2) is 0 Å². The summed E-state index contributed by atoms with van der Waals surface area (Å²) >= 11 is 4.28. The number of hydrogen-bond donors (Lipinski definition) is 1. The number of esters is 1. The van der Waals surface area contributed by atoms with Crippen molar-refractivity contribution in [2.24, 2.45) is 5.41 Å². The topological polar surface area (TPSA) is 35.5 Å². The molecule has 0 heterocycles. The van der Waals surface area contributed by atoms with Gasteiger partial charge in [-0.05, 0) is 23.4 Å².